The van der Waals surface area contributed by atoms with E-state index < -0.39 is 17.9 Å². The Labute approximate surface area is 122 Å². The molecular formula is C16H16N2O3. The molecule has 1 heterocycles. The van der Waals surface area contributed by atoms with E-state index in [-0.39, 0.29) is 6.42 Å². The number of hydrogen-bond donors (Lipinski definition) is 2. The minimum atomic E-state index is -1.06. The van der Waals surface area contributed by atoms with Crippen molar-refractivity contribution in [2.24, 2.45) is 0 Å². The van der Waals surface area contributed by atoms with Gasteiger partial charge in [0.2, 0.25) is 0 Å². The molecule has 1 atom stereocenters. The minimum absolute atomic E-state index is 0.242. The van der Waals surface area contributed by atoms with Gasteiger partial charge in [0.15, 0.2) is 0 Å². The molecule has 0 saturated carbocycles. The SMILES string of the molecule is Cc1ccc(C[C@@H](NC(=O)c2ccncc2)C(=O)O)cc1. The molecule has 0 aliphatic heterocycles. The van der Waals surface area contributed by atoms with Gasteiger partial charge in [-0.3, -0.25) is 9.78 Å². The van der Waals surface area contributed by atoms with E-state index in [0.29, 0.717) is 5.56 Å². The number of nitrogens with one attached hydrogen (secondary N) is 1. The molecule has 2 aromatic rings. The summed E-state index contributed by atoms with van der Waals surface area (Å²) >= 11 is 0. The zero-order valence-corrected chi connectivity index (χ0v) is 11.6. The molecule has 0 aliphatic carbocycles. The summed E-state index contributed by atoms with van der Waals surface area (Å²) in [6.07, 6.45) is 3.22. The molecule has 0 aliphatic rings. The number of amides is 1. The molecule has 1 aromatic carbocycles. The molecule has 0 bridgehead atoms. The van der Waals surface area contributed by atoms with Crippen molar-refractivity contribution in [3.8, 4) is 0 Å². The van der Waals surface area contributed by atoms with Crippen LogP contribution in [0.2, 0.25) is 0 Å². The first-order valence-electron chi connectivity index (χ1n) is 6.55. The van der Waals surface area contributed by atoms with Gasteiger partial charge in [0.1, 0.15) is 6.04 Å². The highest BCUT2D eigenvalue weighted by molar-refractivity contribution is 5.96. The number of nitrogens with zero attached hydrogens (tertiary/aromatic N) is 1. The summed E-state index contributed by atoms with van der Waals surface area (Å²) in [5, 5.41) is 11.8. The highest BCUT2D eigenvalue weighted by Gasteiger charge is 2.21. The number of benzene rings is 1. The highest BCUT2D eigenvalue weighted by Crippen LogP contribution is 2.07. The number of carbonyl (C=O) groups excluding carboxylic acids is 1. The number of carboxylic acid groups (broad SMARTS) is 1. The van der Waals surface area contributed by atoms with Gasteiger partial charge in [-0.25, -0.2) is 4.79 Å². The zero-order chi connectivity index (χ0) is 15.2. The maximum absolute atomic E-state index is 12.0. The molecule has 0 spiro atoms. The second-order valence-electron chi connectivity index (χ2n) is 4.79. The van der Waals surface area contributed by atoms with E-state index in [1.165, 1.54) is 12.4 Å². The molecule has 0 unspecified atom stereocenters. The molecule has 108 valence electrons. The van der Waals surface area contributed by atoms with E-state index >= 15 is 0 Å². The van der Waals surface area contributed by atoms with E-state index in [4.69, 9.17) is 0 Å². The molecule has 0 radical (unpaired) electrons. The Hall–Kier alpha value is -2.69. The first-order valence-corrected chi connectivity index (χ1v) is 6.55. The van der Waals surface area contributed by atoms with Crippen LogP contribution in [0.3, 0.4) is 0 Å². The Balaban J connectivity index is 2.07. The molecule has 2 N–H and O–H groups in total. The number of carbonyl (C=O) groups is 2. The molecule has 5 nitrogen and oxygen atoms in total. The summed E-state index contributed by atoms with van der Waals surface area (Å²) in [4.78, 5) is 27.1. The minimum Gasteiger partial charge on any atom is -0.480 e. The van der Waals surface area contributed by atoms with Gasteiger partial charge in [0.05, 0.1) is 0 Å². The van der Waals surface area contributed by atoms with E-state index in [1.807, 2.05) is 31.2 Å². The van der Waals surface area contributed by atoms with Crippen molar-refractivity contribution in [3.63, 3.8) is 0 Å². The maximum Gasteiger partial charge on any atom is 0.326 e. The van der Waals surface area contributed by atoms with E-state index in [9.17, 15) is 14.7 Å². The fourth-order valence-corrected chi connectivity index (χ4v) is 1.90. The van der Waals surface area contributed by atoms with Crippen LogP contribution in [-0.4, -0.2) is 28.0 Å². The van der Waals surface area contributed by atoms with Crippen molar-refractivity contribution in [1.82, 2.24) is 10.3 Å². The van der Waals surface area contributed by atoms with E-state index in [1.54, 1.807) is 12.1 Å². The Morgan fingerprint density at radius 2 is 1.76 bits per heavy atom. The van der Waals surface area contributed by atoms with Gasteiger partial charge < -0.3 is 10.4 Å². The monoisotopic (exact) mass is 284 g/mol. The van der Waals surface area contributed by atoms with E-state index in [2.05, 4.69) is 10.3 Å². The van der Waals surface area contributed by atoms with Crippen LogP contribution in [0.4, 0.5) is 0 Å². The molecule has 21 heavy (non-hydrogen) atoms. The highest BCUT2D eigenvalue weighted by atomic mass is 16.4. The fraction of sp³-hybridized carbons (Fsp3) is 0.188. The molecular weight excluding hydrogens is 268 g/mol. The Morgan fingerprint density at radius 3 is 2.33 bits per heavy atom. The predicted octanol–water partition coefficient (Wildman–Crippen LogP) is 1.82. The lowest BCUT2D eigenvalue weighted by molar-refractivity contribution is -0.139. The van der Waals surface area contributed by atoms with Crippen molar-refractivity contribution in [2.45, 2.75) is 19.4 Å². The third kappa shape index (κ3) is 4.14. The van der Waals surface area contributed by atoms with Crippen molar-refractivity contribution in [2.75, 3.05) is 0 Å². The Kier molecular flexibility index (Phi) is 4.66. The third-order valence-electron chi connectivity index (χ3n) is 3.11. The summed E-state index contributed by atoms with van der Waals surface area (Å²) in [5.74, 6) is -1.48. The van der Waals surface area contributed by atoms with E-state index in [0.717, 1.165) is 11.1 Å². The van der Waals surface area contributed by atoms with Crippen molar-refractivity contribution in [3.05, 3.63) is 65.5 Å². The molecule has 1 amide bonds. The summed E-state index contributed by atoms with van der Waals surface area (Å²) in [6, 6.07) is 9.68. The number of rotatable bonds is 5. The summed E-state index contributed by atoms with van der Waals surface area (Å²) in [6.45, 7) is 1.96. The number of hydrogen-bond acceptors (Lipinski definition) is 3. The molecule has 1 aromatic heterocycles. The molecule has 2 rings (SSSR count). The summed E-state index contributed by atoms with van der Waals surface area (Å²) in [5.41, 5.74) is 2.36. The average molecular weight is 284 g/mol. The smallest absolute Gasteiger partial charge is 0.326 e. The van der Waals surface area contributed by atoms with Crippen LogP contribution in [0.25, 0.3) is 0 Å². The standard InChI is InChI=1S/C16H16N2O3/c1-11-2-4-12(5-3-11)10-14(16(20)21)18-15(19)13-6-8-17-9-7-13/h2-9,14H,10H2,1H3,(H,18,19)(H,20,21)/t14-/m1/s1. The summed E-state index contributed by atoms with van der Waals surface area (Å²) in [7, 11) is 0. The fourth-order valence-electron chi connectivity index (χ4n) is 1.90. The Bertz CT molecular complexity index is 624. The lowest BCUT2D eigenvalue weighted by Crippen LogP contribution is -2.42. The quantitative estimate of drug-likeness (QED) is 0.877. The van der Waals surface area contributed by atoms with Gasteiger partial charge >= 0.3 is 5.97 Å². The normalized spacial score (nSPS) is 11.7. The molecule has 0 saturated heterocycles. The predicted molar refractivity (Wildman–Crippen MR) is 78.0 cm³/mol. The van der Waals surface area contributed by atoms with Crippen molar-refractivity contribution in [1.29, 1.82) is 0 Å². The first kappa shape index (κ1) is 14.7. The van der Waals surface area contributed by atoms with Crippen LogP contribution in [0.15, 0.2) is 48.8 Å². The second-order valence-corrected chi connectivity index (χ2v) is 4.79. The number of aromatic nitrogens is 1. The van der Waals surface area contributed by atoms with Crippen LogP contribution < -0.4 is 5.32 Å². The van der Waals surface area contributed by atoms with Gasteiger partial charge in [-0.2, -0.15) is 0 Å². The maximum atomic E-state index is 12.0. The van der Waals surface area contributed by atoms with Gasteiger partial charge in [0, 0.05) is 24.4 Å². The zero-order valence-electron chi connectivity index (χ0n) is 11.6. The lowest BCUT2D eigenvalue weighted by Gasteiger charge is -2.14. The average Bonchev–Trinajstić information content (AvgIpc) is 2.49. The van der Waals surface area contributed by atoms with Crippen LogP contribution in [0.1, 0.15) is 21.5 Å². The van der Waals surface area contributed by atoms with Crippen LogP contribution in [0.5, 0.6) is 0 Å². The largest absolute Gasteiger partial charge is 0.480 e. The number of pyridine rings is 1. The summed E-state index contributed by atoms with van der Waals surface area (Å²) < 4.78 is 0. The van der Waals surface area contributed by atoms with Gasteiger partial charge in [0.25, 0.3) is 5.91 Å². The second kappa shape index (κ2) is 6.65. The number of carboxylic acids is 1. The van der Waals surface area contributed by atoms with Gasteiger partial charge in [-0.05, 0) is 24.6 Å². The van der Waals surface area contributed by atoms with Crippen LogP contribution in [-0.2, 0) is 11.2 Å². The number of aliphatic carboxylic acids is 1. The van der Waals surface area contributed by atoms with Crippen molar-refractivity contribution < 1.29 is 14.7 Å². The number of aryl methyl sites for hydroxylation is 1. The first-order chi connectivity index (χ1) is 10.1. The van der Waals surface area contributed by atoms with Crippen LogP contribution >= 0.6 is 0 Å². The Morgan fingerprint density at radius 1 is 1.14 bits per heavy atom. The van der Waals surface area contributed by atoms with Crippen LogP contribution in [0, 0.1) is 6.92 Å². The van der Waals surface area contributed by atoms with Gasteiger partial charge in [-0.1, -0.05) is 29.8 Å². The third-order valence-corrected chi connectivity index (χ3v) is 3.11. The lowest BCUT2D eigenvalue weighted by atomic mass is 10.0. The molecule has 0 fully saturated rings. The topological polar surface area (TPSA) is 79.3 Å². The van der Waals surface area contributed by atoms with Gasteiger partial charge in [-0.15, -0.1) is 0 Å². The van der Waals surface area contributed by atoms with Crippen molar-refractivity contribution >= 4 is 11.9 Å². The molecule has 5 heteroatoms.